The molecule has 0 radical (unpaired) electrons. The zero-order valence-electron chi connectivity index (χ0n) is 8.21. The van der Waals surface area contributed by atoms with E-state index in [0.29, 0.717) is 12.0 Å². The summed E-state index contributed by atoms with van der Waals surface area (Å²) in [5.41, 5.74) is 3.26. The van der Waals surface area contributed by atoms with Crippen molar-refractivity contribution in [2.45, 2.75) is 25.8 Å². The normalized spacial score (nSPS) is 24.6. The summed E-state index contributed by atoms with van der Waals surface area (Å²) < 4.78 is 0. The van der Waals surface area contributed by atoms with Crippen LogP contribution in [0.15, 0.2) is 18.2 Å². The molecule has 2 aliphatic rings. The van der Waals surface area contributed by atoms with Gasteiger partial charge in [0, 0.05) is 5.56 Å². The Labute approximate surface area is 83.3 Å². The number of hydrogen-bond acceptors (Lipinski definition) is 1. The summed E-state index contributed by atoms with van der Waals surface area (Å²) in [7, 11) is 0. The van der Waals surface area contributed by atoms with Gasteiger partial charge in [-0.05, 0) is 37.3 Å². The monoisotopic (exact) mass is 187 g/mol. The summed E-state index contributed by atoms with van der Waals surface area (Å²) in [4.78, 5) is 11.6. The van der Waals surface area contributed by atoms with Gasteiger partial charge in [0.05, 0.1) is 6.04 Å². The third-order valence-electron chi connectivity index (χ3n) is 3.17. The van der Waals surface area contributed by atoms with Gasteiger partial charge in [-0.25, -0.2) is 0 Å². The van der Waals surface area contributed by atoms with Crippen LogP contribution in [-0.4, -0.2) is 5.91 Å². The van der Waals surface area contributed by atoms with E-state index in [1.165, 1.54) is 18.4 Å². The molecule has 14 heavy (non-hydrogen) atoms. The maximum absolute atomic E-state index is 11.6. The van der Waals surface area contributed by atoms with Gasteiger partial charge in [0.1, 0.15) is 0 Å². The summed E-state index contributed by atoms with van der Waals surface area (Å²) in [6.45, 7) is 2.03. The van der Waals surface area contributed by atoms with Crippen molar-refractivity contribution in [3.05, 3.63) is 34.9 Å². The minimum absolute atomic E-state index is 0.112. The minimum atomic E-state index is 0.112. The second-order valence-electron chi connectivity index (χ2n) is 4.38. The largest absolute Gasteiger partial charge is 0.345 e. The highest BCUT2D eigenvalue weighted by atomic mass is 16.2. The highest BCUT2D eigenvalue weighted by Crippen LogP contribution is 2.44. The lowest BCUT2D eigenvalue weighted by Gasteiger charge is -2.09. The maximum atomic E-state index is 11.6. The van der Waals surface area contributed by atoms with Crippen LogP contribution in [0.5, 0.6) is 0 Å². The predicted octanol–water partition coefficient (Wildman–Crippen LogP) is 2.19. The number of aryl methyl sites for hydroxylation is 1. The molecule has 0 aromatic heterocycles. The van der Waals surface area contributed by atoms with Crippen LogP contribution >= 0.6 is 0 Å². The average Bonchev–Trinajstić information content (AvgIpc) is 2.94. The van der Waals surface area contributed by atoms with Gasteiger partial charge in [0.2, 0.25) is 0 Å². The maximum Gasteiger partial charge on any atom is 0.252 e. The smallest absolute Gasteiger partial charge is 0.252 e. The summed E-state index contributed by atoms with van der Waals surface area (Å²) in [6, 6.07) is 6.49. The molecule has 1 N–H and O–H groups in total. The molecular weight excluding hydrogens is 174 g/mol. The Morgan fingerprint density at radius 3 is 2.86 bits per heavy atom. The molecule has 2 heteroatoms. The van der Waals surface area contributed by atoms with Crippen LogP contribution in [0.1, 0.15) is 40.4 Å². The third kappa shape index (κ3) is 1.07. The van der Waals surface area contributed by atoms with E-state index in [1.807, 2.05) is 13.0 Å². The Bertz CT molecular complexity index is 407. The number of fused-ring (bicyclic) bond motifs is 1. The number of amides is 1. The molecule has 3 rings (SSSR count). The van der Waals surface area contributed by atoms with Crippen molar-refractivity contribution in [3.63, 3.8) is 0 Å². The summed E-state index contributed by atoms with van der Waals surface area (Å²) in [5.74, 6) is 0.809. The van der Waals surface area contributed by atoms with Crippen molar-refractivity contribution in [2.24, 2.45) is 5.92 Å². The zero-order valence-corrected chi connectivity index (χ0v) is 8.21. The molecule has 1 aromatic rings. The Kier molecular flexibility index (Phi) is 1.49. The van der Waals surface area contributed by atoms with Gasteiger partial charge < -0.3 is 5.32 Å². The van der Waals surface area contributed by atoms with Crippen LogP contribution in [0.4, 0.5) is 0 Å². The van der Waals surface area contributed by atoms with E-state index in [-0.39, 0.29) is 5.91 Å². The first-order chi connectivity index (χ1) is 6.75. The fourth-order valence-electron chi connectivity index (χ4n) is 2.24. The summed E-state index contributed by atoms with van der Waals surface area (Å²) in [5, 5.41) is 3.07. The SMILES string of the molecule is Cc1ccc2c(c1)C(=O)NC2C1CC1. The van der Waals surface area contributed by atoms with E-state index in [4.69, 9.17) is 0 Å². The highest BCUT2D eigenvalue weighted by Gasteiger charge is 2.39. The quantitative estimate of drug-likeness (QED) is 0.717. The van der Waals surface area contributed by atoms with Crippen LogP contribution in [0.25, 0.3) is 0 Å². The number of carbonyl (C=O) groups excluding carboxylic acids is 1. The van der Waals surface area contributed by atoms with E-state index < -0.39 is 0 Å². The molecule has 1 heterocycles. The standard InChI is InChI=1S/C12H13NO/c1-7-2-5-9-10(6-7)12(14)13-11(9)8-3-4-8/h2,5-6,8,11H,3-4H2,1H3,(H,13,14). The van der Waals surface area contributed by atoms with E-state index in [1.54, 1.807) is 0 Å². The van der Waals surface area contributed by atoms with E-state index in [2.05, 4.69) is 17.4 Å². The third-order valence-corrected chi connectivity index (χ3v) is 3.17. The van der Waals surface area contributed by atoms with Gasteiger partial charge in [-0.1, -0.05) is 17.7 Å². The molecule has 1 unspecified atom stereocenters. The average molecular weight is 187 g/mol. The highest BCUT2D eigenvalue weighted by molar-refractivity contribution is 5.99. The molecule has 1 atom stereocenters. The lowest BCUT2D eigenvalue weighted by Crippen LogP contribution is -2.20. The fraction of sp³-hybridized carbons (Fsp3) is 0.417. The number of benzene rings is 1. The molecule has 1 aliphatic carbocycles. The number of carbonyl (C=O) groups is 1. The lowest BCUT2D eigenvalue weighted by molar-refractivity contribution is 0.0953. The van der Waals surface area contributed by atoms with Crippen molar-refractivity contribution >= 4 is 5.91 Å². The molecule has 1 aliphatic heterocycles. The minimum Gasteiger partial charge on any atom is -0.345 e. The van der Waals surface area contributed by atoms with Crippen LogP contribution in [-0.2, 0) is 0 Å². The number of hydrogen-bond donors (Lipinski definition) is 1. The molecule has 0 bridgehead atoms. The Hall–Kier alpha value is -1.31. The van der Waals surface area contributed by atoms with Crippen molar-refractivity contribution in [1.29, 1.82) is 0 Å². The molecule has 72 valence electrons. The second-order valence-corrected chi connectivity index (χ2v) is 4.38. The first-order valence-corrected chi connectivity index (χ1v) is 5.17. The number of nitrogens with one attached hydrogen (secondary N) is 1. The Morgan fingerprint density at radius 1 is 1.36 bits per heavy atom. The van der Waals surface area contributed by atoms with Gasteiger partial charge in [0.25, 0.3) is 5.91 Å². The zero-order chi connectivity index (χ0) is 9.71. The van der Waals surface area contributed by atoms with Gasteiger partial charge in [0.15, 0.2) is 0 Å². The molecule has 1 amide bonds. The van der Waals surface area contributed by atoms with Gasteiger partial charge in [-0.15, -0.1) is 0 Å². The van der Waals surface area contributed by atoms with E-state index in [9.17, 15) is 4.79 Å². The molecular formula is C12H13NO. The molecule has 0 saturated heterocycles. The first kappa shape index (κ1) is 8.04. The summed E-state index contributed by atoms with van der Waals surface area (Å²) >= 11 is 0. The predicted molar refractivity (Wildman–Crippen MR) is 54.1 cm³/mol. The van der Waals surface area contributed by atoms with Crippen molar-refractivity contribution in [2.75, 3.05) is 0 Å². The Balaban J connectivity index is 2.09. The van der Waals surface area contributed by atoms with E-state index in [0.717, 1.165) is 11.1 Å². The fourth-order valence-corrected chi connectivity index (χ4v) is 2.24. The van der Waals surface area contributed by atoms with E-state index >= 15 is 0 Å². The molecule has 1 saturated carbocycles. The number of rotatable bonds is 1. The summed E-state index contributed by atoms with van der Waals surface area (Å²) in [6.07, 6.45) is 2.52. The van der Waals surface area contributed by atoms with Gasteiger partial charge in [-0.2, -0.15) is 0 Å². The Morgan fingerprint density at radius 2 is 2.14 bits per heavy atom. The van der Waals surface area contributed by atoms with Gasteiger partial charge in [-0.3, -0.25) is 4.79 Å². The van der Waals surface area contributed by atoms with Crippen molar-refractivity contribution in [1.82, 2.24) is 5.32 Å². The van der Waals surface area contributed by atoms with Crippen LogP contribution < -0.4 is 5.32 Å². The van der Waals surface area contributed by atoms with Crippen LogP contribution in [0, 0.1) is 12.8 Å². The lowest BCUT2D eigenvalue weighted by atomic mass is 10.00. The van der Waals surface area contributed by atoms with Crippen molar-refractivity contribution in [3.8, 4) is 0 Å². The molecule has 0 spiro atoms. The first-order valence-electron chi connectivity index (χ1n) is 5.17. The van der Waals surface area contributed by atoms with Crippen molar-refractivity contribution < 1.29 is 4.79 Å². The molecule has 1 aromatic carbocycles. The second kappa shape index (κ2) is 2.59. The van der Waals surface area contributed by atoms with Crippen LogP contribution in [0.2, 0.25) is 0 Å². The van der Waals surface area contributed by atoms with Crippen LogP contribution in [0.3, 0.4) is 0 Å². The molecule has 1 fully saturated rings. The van der Waals surface area contributed by atoms with Gasteiger partial charge >= 0.3 is 0 Å². The molecule has 2 nitrogen and oxygen atoms in total. The topological polar surface area (TPSA) is 29.1 Å².